The number of aromatic nitrogens is 3. The van der Waals surface area contributed by atoms with Gasteiger partial charge in [0.05, 0.1) is 35.6 Å². The molecule has 0 spiro atoms. The standard InChI is InChI=1S/C23H28N4O2/c1-15-8-7-9-18(12-15)13-21(28)27-11-6-5-10-20(27)22-19(14-24-26(22)4)23-16(2)17(3)25-29-23/h7-9,12,14,20H,5-6,10-11,13H2,1-4H3/t20-/m0/s1. The number of carbonyl (C=O) groups is 1. The Balaban J connectivity index is 1.67. The molecule has 0 saturated carbocycles. The largest absolute Gasteiger partial charge is 0.356 e. The summed E-state index contributed by atoms with van der Waals surface area (Å²) in [6.45, 7) is 6.78. The Labute approximate surface area is 171 Å². The van der Waals surface area contributed by atoms with Crippen molar-refractivity contribution in [2.24, 2.45) is 7.05 Å². The number of likely N-dealkylation sites (tertiary alicyclic amines) is 1. The van der Waals surface area contributed by atoms with Crippen molar-refractivity contribution in [3.8, 4) is 11.3 Å². The predicted octanol–water partition coefficient (Wildman–Crippen LogP) is 4.30. The fraction of sp³-hybridized carbons (Fsp3) is 0.435. The first-order valence-electron chi connectivity index (χ1n) is 10.3. The zero-order chi connectivity index (χ0) is 20.5. The molecule has 2 aromatic heterocycles. The maximum Gasteiger partial charge on any atom is 0.227 e. The molecule has 1 atom stereocenters. The summed E-state index contributed by atoms with van der Waals surface area (Å²) in [5, 5.41) is 8.61. The molecule has 1 aromatic carbocycles. The second kappa shape index (κ2) is 7.85. The Hall–Kier alpha value is -2.89. The first kappa shape index (κ1) is 19.4. The number of amides is 1. The van der Waals surface area contributed by atoms with Crippen molar-refractivity contribution in [2.75, 3.05) is 6.54 Å². The van der Waals surface area contributed by atoms with E-state index in [2.05, 4.69) is 29.3 Å². The minimum atomic E-state index is -0.00614. The highest BCUT2D eigenvalue weighted by atomic mass is 16.5. The van der Waals surface area contributed by atoms with Crippen LogP contribution in [0, 0.1) is 20.8 Å². The number of hydrogen-bond donors (Lipinski definition) is 0. The van der Waals surface area contributed by atoms with E-state index < -0.39 is 0 Å². The van der Waals surface area contributed by atoms with Gasteiger partial charge in [-0.05, 0) is 45.6 Å². The smallest absolute Gasteiger partial charge is 0.227 e. The van der Waals surface area contributed by atoms with Crippen LogP contribution in [0.2, 0.25) is 0 Å². The average Bonchev–Trinajstić information content (AvgIpc) is 3.24. The Morgan fingerprint density at radius 2 is 2.07 bits per heavy atom. The van der Waals surface area contributed by atoms with Gasteiger partial charge in [-0.25, -0.2) is 0 Å². The molecule has 0 N–H and O–H groups in total. The molecule has 1 saturated heterocycles. The molecule has 1 aliphatic heterocycles. The lowest BCUT2D eigenvalue weighted by Gasteiger charge is -2.36. The second-order valence-corrected chi connectivity index (χ2v) is 8.05. The highest BCUT2D eigenvalue weighted by Gasteiger charge is 2.33. The van der Waals surface area contributed by atoms with E-state index in [-0.39, 0.29) is 11.9 Å². The Bertz CT molecular complexity index is 1030. The fourth-order valence-electron chi connectivity index (χ4n) is 4.30. The summed E-state index contributed by atoms with van der Waals surface area (Å²) in [7, 11) is 1.94. The Morgan fingerprint density at radius 1 is 1.24 bits per heavy atom. The van der Waals surface area contributed by atoms with Gasteiger partial charge in [0.15, 0.2) is 5.76 Å². The Kier molecular flexibility index (Phi) is 5.26. The van der Waals surface area contributed by atoms with E-state index in [9.17, 15) is 4.79 Å². The zero-order valence-electron chi connectivity index (χ0n) is 17.6. The summed E-state index contributed by atoms with van der Waals surface area (Å²) in [5.74, 6) is 0.917. The van der Waals surface area contributed by atoms with Crippen molar-refractivity contribution < 1.29 is 9.32 Å². The highest BCUT2D eigenvalue weighted by molar-refractivity contribution is 5.80. The summed E-state index contributed by atoms with van der Waals surface area (Å²) in [6.07, 6.45) is 5.31. The maximum atomic E-state index is 13.3. The second-order valence-electron chi connectivity index (χ2n) is 8.05. The van der Waals surface area contributed by atoms with Gasteiger partial charge in [0.25, 0.3) is 0 Å². The molecule has 0 unspecified atom stereocenters. The Morgan fingerprint density at radius 3 is 2.79 bits per heavy atom. The first-order chi connectivity index (χ1) is 14.0. The summed E-state index contributed by atoms with van der Waals surface area (Å²) >= 11 is 0. The molecule has 3 aromatic rings. The third-order valence-corrected chi connectivity index (χ3v) is 5.96. The lowest BCUT2D eigenvalue weighted by molar-refractivity contribution is -0.134. The molecule has 1 aliphatic rings. The van der Waals surface area contributed by atoms with Gasteiger partial charge in [-0.3, -0.25) is 9.48 Å². The lowest BCUT2D eigenvalue weighted by Crippen LogP contribution is -2.40. The molecule has 0 radical (unpaired) electrons. The fourth-order valence-corrected chi connectivity index (χ4v) is 4.30. The minimum Gasteiger partial charge on any atom is -0.356 e. The van der Waals surface area contributed by atoms with Gasteiger partial charge in [-0.2, -0.15) is 5.10 Å². The lowest BCUT2D eigenvalue weighted by atomic mass is 9.94. The van der Waals surface area contributed by atoms with Gasteiger partial charge in [-0.15, -0.1) is 0 Å². The molecule has 6 nitrogen and oxygen atoms in total. The number of rotatable bonds is 4. The van der Waals surface area contributed by atoms with E-state index in [1.807, 2.05) is 48.8 Å². The van der Waals surface area contributed by atoms with Crippen molar-refractivity contribution in [3.05, 3.63) is 58.5 Å². The van der Waals surface area contributed by atoms with Crippen LogP contribution in [-0.2, 0) is 18.3 Å². The molecule has 1 amide bonds. The highest BCUT2D eigenvalue weighted by Crippen LogP contribution is 2.38. The van der Waals surface area contributed by atoms with Crippen molar-refractivity contribution in [3.63, 3.8) is 0 Å². The third kappa shape index (κ3) is 3.71. The molecule has 4 rings (SSSR count). The molecule has 3 heterocycles. The molecular formula is C23H28N4O2. The number of benzene rings is 1. The number of hydrogen-bond acceptors (Lipinski definition) is 4. The van der Waals surface area contributed by atoms with Gasteiger partial charge in [0, 0.05) is 19.2 Å². The molecule has 29 heavy (non-hydrogen) atoms. The average molecular weight is 393 g/mol. The number of carbonyl (C=O) groups excluding carboxylic acids is 1. The van der Waals surface area contributed by atoms with Crippen LogP contribution in [0.1, 0.15) is 53.4 Å². The molecule has 1 fully saturated rings. The first-order valence-corrected chi connectivity index (χ1v) is 10.3. The minimum absolute atomic E-state index is 0.00614. The van der Waals surface area contributed by atoms with Gasteiger partial charge in [0.1, 0.15) is 0 Å². The van der Waals surface area contributed by atoms with Crippen LogP contribution in [0.4, 0.5) is 0 Å². The van der Waals surface area contributed by atoms with Crippen molar-refractivity contribution >= 4 is 5.91 Å². The summed E-state index contributed by atoms with van der Waals surface area (Å²) < 4.78 is 7.51. The molecule has 152 valence electrons. The number of aryl methyl sites for hydroxylation is 3. The molecule has 0 aliphatic carbocycles. The topological polar surface area (TPSA) is 64.2 Å². The van der Waals surface area contributed by atoms with Gasteiger partial charge in [-0.1, -0.05) is 35.0 Å². The van der Waals surface area contributed by atoms with E-state index >= 15 is 0 Å². The van der Waals surface area contributed by atoms with Crippen LogP contribution in [0.15, 0.2) is 35.0 Å². The molecule has 6 heteroatoms. The van der Waals surface area contributed by atoms with E-state index in [0.717, 1.165) is 59.6 Å². The van der Waals surface area contributed by atoms with Gasteiger partial charge in [0.2, 0.25) is 5.91 Å². The van der Waals surface area contributed by atoms with E-state index in [0.29, 0.717) is 6.42 Å². The summed E-state index contributed by atoms with van der Waals surface area (Å²) in [5.41, 5.74) is 6.10. The van der Waals surface area contributed by atoms with E-state index in [1.165, 1.54) is 5.56 Å². The monoisotopic (exact) mass is 392 g/mol. The summed E-state index contributed by atoms with van der Waals surface area (Å²) in [6, 6.07) is 8.18. The third-order valence-electron chi connectivity index (χ3n) is 5.96. The van der Waals surface area contributed by atoms with E-state index in [4.69, 9.17) is 4.52 Å². The van der Waals surface area contributed by atoms with Gasteiger partial charge < -0.3 is 9.42 Å². The predicted molar refractivity (Wildman–Crippen MR) is 111 cm³/mol. The van der Waals surface area contributed by atoms with Crippen molar-refractivity contribution in [1.29, 1.82) is 0 Å². The normalized spacial score (nSPS) is 17.0. The quantitative estimate of drug-likeness (QED) is 0.664. The SMILES string of the molecule is Cc1cccc(CC(=O)N2CCCC[C@H]2c2c(-c3onc(C)c3C)cnn2C)c1. The van der Waals surface area contributed by atoms with Crippen LogP contribution in [-0.4, -0.2) is 32.3 Å². The maximum absolute atomic E-state index is 13.3. The zero-order valence-corrected chi connectivity index (χ0v) is 17.6. The number of piperidine rings is 1. The summed E-state index contributed by atoms with van der Waals surface area (Å²) in [4.78, 5) is 15.3. The molecular weight excluding hydrogens is 364 g/mol. The van der Waals surface area contributed by atoms with Crippen molar-refractivity contribution in [1.82, 2.24) is 19.8 Å². The number of nitrogens with zero attached hydrogens (tertiary/aromatic N) is 4. The van der Waals surface area contributed by atoms with Crippen LogP contribution >= 0.6 is 0 Å². The van der Waals surface area contributed by atoms with Crippen molar-refractivity contribution in [2.45, 2.75) is 52.5 Å². The van der Waals surface area contributed by atoms with Crippen LogP contribution in [0.5, 0.6) is 0 Å². The van der Waals surface area contributed by atoms with Gasteiger partial charge >= 0.3 is 0 Å². The van der Waals surface area contributed by atoms with Crippen LogP contribution in [0.25, 0.3) is 11.3 Å². The van der Waals surface area contributed by atoms with Crippen LogP contribution < -0.4 is 0 Å². The van der Waals surface area contributed by atoms with Crippen LogP contribution in [0.3, 0.4) is 0 Å². The van der Waals surface area contributed by atoms with E-state index in [1.54, 1.807) is 0 Å². The molecule has 0 bridgehead atoms.